The molecule has 1 aromatic heterocycles. The minimum atomic E-state index is 0.322. The van der Waals surface area contributed by atoms with Gasteiger partial charge in [-0.2, -0.15) is 4.98 Å². The van der Waals surface area contributed by atoms with Gasteiger partial charge in [0.15, 0.2) is 0 Å². The van der Waals surface area contributed by atoms with Crippen molar-refractivity contribution < 1.29 is 0 Å². The fourth-order valence-electron chi connectivity index (χ4n) is 1.11. The van der Waals surface area contributed by atoms with Crippen molar-refractivity contribution in [2.75, 3.05) is 17.6 Å². The van der Waals surface area contributed by atoms with Gasteiger partial charge in [0, 0.05) is 18.3 Å². The fraction of sp³-hybridized carbons (Fsp3) is 0.600. The Bertz CT molecular complexity index is 296. The molecule has 4 nitrogen and oxygen atoms in total. The summed E-state index contributed by atoms with van der Waals surface area (Å²) in [6, 6.07) is 0. The van der Waals surface area contributed by atoms with Gasteiger partial charge in [-0.3, -0.25) is 0 Å². The second kappa shape index (κ2) is 4.79. The lowest BCUT2D eigenvalue weighted by molar-refractivity contribution is 0.606. The summed E-state index contributed by atoms with van der Waals surface area (Å²) in [6.45, 7) is 7.29. The van der Waals surface area contributed by atoms with E-state index in [0.29, 0.717) is 11.9 Å². The van der Waals surface area contributed by atoms with Crippen LogP contribution in [0, 0.1) is 12.8 Å². The van der Waals surface area contributed by atoms with E-state index in [-0.39, 0.29) is 0 Å². The first kappa shape index (κ1) is 10.8. The maximum absolute atomic E-state index is 5.50. The second-order valence-electron chi connectivity index (χ2n) is 3.87. The highest BCUT2D eigenvalue weighted by Gasteiger charge is 2.01. The molecule has 0 aromatic carbocycles. The van der Waals surface area contributed by atoms with Crippen LogP contribution in [0.15, 0.2) is 6.20 Å². The molecule has 0 radical (unpaired) electrons. The van der Waals surface area contributed by atoms with Gasteiger partial charge in [0.05, 0.1) is 0 Å². The number of nitrogens with one attached hydrogen (secondary N) is 1. The van der Waals surface area contributed by atoms with E-state index in [1.165, 1.54) is 0 Å². The first-order valence-corrected chi connectivity index (χ1v) is 4.92. The van der Waals surface area contributed by atoms with Gasteiger partial charge in [0.1, 0.15) is 5.82 Å². The van der Waals surface area contributed by atoms with E-state index >= 15 is 0 Å². The van der Waals surface area contributed by atoms with Crippen molar-refractivity contribution in [1.29, 1.82) is 0 Å². The number of rotatable bonds is 4. The lowest BCUT2D eigenvalue weighted by Crippen LogP contribution is -2.09. The van der Waals surface area contributed by atoms with Gasteiger partial charge in [-0.15, -0.1) is 0 Å². The van der Waals surface area contributed by atoms with E-state index in [9.17, 15) is 0 Å². The average molecular weight is 194 g/mol. The number of hydrogen-bond acceptors (Lipinski definition) is 4. The number of hydrogen-bond donors (Lipinski definition) is 2. The molecule has 0 aliphatic heterocycles. The molecule has 0 saturated heterocycles. The van der Waals surface area contributed by atoms with Gasteiger partial charge < -0.3 is 11.1 Å². The van der Waals surface area contributed by atoms with Crippen molar-refractivity contribution in [3.8, 4) is 0 Å². The van der Waals surface area contributed by atoms with Crippen LogP contribution in [0.1, 0.15) is 25.8 Å². The fourth-order valence-corrected chi connectivity index (χ4v) is 1.11. The number of nitrogen functional groups attached to an aromatic ring is 1. The molecular weight excluding hydrogens is 176 g/mol. The molecule has 0 fully saturated rings. The molecule has 1 heterocycles. The van der Waals surface area contributed by atoms with Crippen LogP contribution in [0.4, 0.5) is 11.8 Å². The maximum Gasteiger partial charge on any atom is 0.221 e. The topological polar surface area (TPSA) is 63.8 Å². The Labute approximate surface area is 85.0 Å². The molecule has 14 heavy (non-hydrogen) atoms. The van der Waals surface area contributed by atoms with Crippen molar-refractivity contribution in [2.45, 2.75) is 27.2 Å². The molecule has 0 atom stereocenters. The second-order valence-corrected chi connectivity index (χ2v) is 3.87. The quantitative estimate of drug-likeness (QED) is 0.767. The number of nitrogens with zero attached hydrogens (tertiary/aromatic N) is 2. The Morgan fingerprint density at radius 3 is 2.86 bits per heavy atom. The highest BCUT2D eigenvalue weighted by molar-refractivity contribution is 5.44. The smallest absolute Gasteiger partial charge is 0.221 e. The highest BCUT2D eigenvalue weighted by atomic mass is 15.1. The minimum Gasteiger partial charge on any atom is -0.370 e. The van der Waals surface area contributed by atoms with Crippen molar-refractivity contribution in [3.63, 3.8) is 0 Å². The average Bonchev–Trinajstić information content (AvgIpc) is 2.10. The third kappa shape index (κ3) is 3.20. The molecular formula is C10H18N4. The van der Waals surface area contributed by atoms with Crippen LogP contribution < -0.4 is 11.1 Å². The molecule has 0 aliphatic carbocycles. The molecule has 0 amide bonds. The van der Waals surface area contributed by atoms with Crippen molar-refractivity contribution >= 4 is 11.8 Å². The molecule has 78 valence electrons. The summed E-state index contributed by atoms with van der Waals surface area (Å²) in [5, 5.41) is 3.25. The number of aromatic nitrogens is 2. The van der Waals surface area contributed by atoms with Gasteiger partial charge in [-0.05, 0) is 19.3 Å². The Morgan fingerprint density at radius 2 is 2.21 bits per heavy atom. The molecule has 1 aromatic rings. The van der Waals surface area contributed by atoms with Crippen molar-refractivity contribution in [2.24, 2.45) is 5.92 Å². The minimum absolute atomic E-state index is 0.322. The Balaban J connectivity index is 2.53. The Kier molecular flexibility index (Phi) is 3.68. The summed E-state index contributed by atoms with van der Waals surface area (Å²) in [4.78, 5) is 8.03. The Morgan fingerprint density at radius 1 is 1.50 bits per heavy atom. The molecule has 0 bridgehead atoms. The molecule has 1 rings (SSSR count). The van der Waals surface area contributed by atoms with Crippen molar-refractivity contribution in [1.82, 2.24) is 9.97 Å². The van der Waals surface area contributed by atoms with Crippen molar-refractivity contribution in [3.05, 3.63) is 11.8 Å². The van der Waals surface area contributed by atoms with Gasteiger partial charge in [-0.25, -0.2) is 4.98 Å². The van der Waals surface area contributed by atoms with Crippen LogP contribution in [-0.2, 0) is 0 Å². The summed E-state index contributed by atoms with van der Waals surface area (Å²) >= 11 is 0. The largest absolute Gasteiger partial charge is 0.370 e. The van der Waals surface area contributed by atoms with Gasteiger partial charge in [0.2, 0.25) is 5.95 Å². The van der Waals surface area contributed by atoms with Crippen LogP contribution in [0.3, 0.4) is 0 Å². The van der Waals surface area contributed by atoms with Crippen LogP contribution in [0.25, 0.3) is 0 Å². The molecule has 0 aliphatic rings. The lowest BCUT2D eigenvalue weighted by Gasteiger charge is -2.09. The number of aryl methyl sites for hydroxylation is 1. The summed E-state index contributed by atoms with van der Waals surface area (Å²) in [5.74, 6) is 1.86. The Hall–Kier alpha value is -1.32. The number of anilines is 2. The highest BCUT2D eigenvalue weighted by Crippen LogP contribution is 2.11. The number of nitrogens with two attached hydrogens (primary N) is 1. The van der Waals surface area contributed by atoms with E-state index in [4.69, 9.17) is 5.73 Å². The van der Waals surface area contributed by atoms with Gasteiger partial charge >= 0.3 is 0 Å². The van der Waals surface area contributed by atoms with Gasteiger partial charge in [0.25, 0.3) is 0 Å². The van der Waals surface area contributed by atoms with Crippen LogP contribution in [0.5, 0.6) is 0 Å². The molecule has 0 unspecified atom stereocenters. The normalized spacial score (nSPS) is 10.6. The van der Waals surface area contributed by atoms with E-state index in [2.05, 4.69) is 29.1 Å². The zero-order valence-electron chi connectivity index (χ0n) is 9.04. The third-order valence-electron chi connectivity index (χ3n) is 2.00. The third-order valence-corrected chi connectivity index (χ3v) is 2.00. The zero-order valence-corrected chi connectivity index (χ0v) is 9.04. The summed E-state index contributed by atoms with van der Waals surface area (Å²) < 4.78 is 0. The van der Waals surface area contributed by atoms with E-state index in [1.54, 1.807) is 6.20 Å². The molecule has 0 saturated carbocycles. The lowest BCUT2D eigenvalue weighted by atomic mass is 10.1. The summed E-state index contributed by atoms with van der Waals surface area (Å²) in [7, 11) is 0. The molecule has 0 spiro atoms. The van der Waals surface area contributed by atoms with Crippen LogP contribution >= 0.6 is 0 Å². The molecule has 3 N–H and O–H groups in total. The standard InChI is InChI=1S/C10H18N4/c1-7(2)4-5-12-9-8(3)6-13-10(11)14-9/h6-7H,4-5H2,1-3H3,(H3,11,12,13,14). The van der Waals surface area contributed by atoms with E-state index < -0.39 is 0 Å². The van der Waals surface area contributed by atoms with Gasteiger partial charge in [-0.1, -0.05) is 13.8 Å². The monoisotopic (exact) mass is 194 g/mol. The first-order chi connectivity index (χ1) is 6.59. The predicted molar refractivity (Wildman–Crippen MR) is 59.1 cm³/mol. The molecule has 4 heteroatoms. The first-order valence-electron chi connectivity index (χ1n) is 4.92. The SMILES string of the molecule is Cc1cnc(N)nc1NCCC(C)C. The van der Waals surface area contributed by atoms with E-state index in [1.807, 2.05) is 6.92 Å². The van der Waals surface area contributed by atoms with Crippen LogP contribution in [-0.4, -0.2) is 16.5 Å². The predicted octanol–water partition coefficient (Wildman–Crippen LogP) is 1.83. The van der Waals surface area contributed by atoms with Crippen LogP contribution in [0.2, 0.25) is 0 Å². The zero-order chi connectivity index (χ0) is 10.6. The summed E-state index contributed by atoms with van der Waals surface area (Å²) in [6.07, 6.45) is 2.86. The van der Waals surface area contributed by atoms with E-state index in [0.717, 1.165) is 24.3 Å². The maximum atomic E-state index is 5.50. The summed E-state index contributed by atoms with van der Waals surface area (Å²) in [5.41, 5.74) is 6.53.